The van der Waals surface area contributed by atoms with Gasteiger partial charge >= 0.3 is 0 Å². The maximum atomic E-state index is 13.1. The average Bonchev–Trinajstić information content (AvgIpc) is 3.13. The number of hydrogen-bond donors (Lipinski definition) is 2. The van der Waals surface area contributed by atoms with Gasteiger partial charge in [0.05, 0.1) is 23.5 Å². The Labute approximate surface area is 157 Å². The van der Waals surface area contributed by atoms with Crippen molar-refractivity contribution in [1.82, 2.24) is 20.1 Å². The van der Waals surface area contributed by atoms with E-state index in [9.17, 15) is 9.59 Å². The topological polar surface area (TPSA) is 79.8 Å². The molecule has 1 atom stereocenters. The van der Waals surface area contributed by atoms with Crippen molar-refractivity contribution >= 4 is 5.91 Å². The zero-order valence-corrected chi connectivity index (χ0v) is 15.2. The van der Waals surface area contributed by atoms with Crippen molar-refractivity contribution in [3.05, 3.63) is 75.8 Å². The summed E-state index contributed by atoms with van der Waals surface area (Å²) < 4.78 is 1.84. The minimum absolute atomic E-state index is 0.101. The molecule has 6 heteroatoms. The van der Waals surface area contributed by atoms with Gasteiger partial charge in [-0.05, 0) is 37.8 Å². The zero-order valence-electron chi connectivity index (χ0n) is 15.2. The average molecular weight is 362 g/mol. The smallest absolute Gasteiger partial charge is 0.255 e. The maximum absolute atomic E-state index is 13.1. The van der Waals surface area contributed by atoms with Gasteiger partial charge in [-0.25, -0.2) is 0 Å². The Morgan fingerprint density at radius 1 is 1.26 bits per heavy atom. The normalized spacial score (nSPS) is 16.0. The molecule has 6 nitrogen and oxygen atoms in total. The Balaban J connectivity index is 1.66. The fraction of sp³-hybridized carbons (Fsp3) is 0.286. The number of carbonyl (C=O) groups is 1. The van der Waals surface area contributed by atoms with Gasteiger partial charge < -0.3 is 10.3 Å². The van der Waals surface area contributed by atoms with E-state index in [4.69, 9.17) is 0 Å². The van der Waals surface area contributed by atoms with Gasteiger partial charge in [0, 0.05) is 23.9 Å². The third kappa shape index (κ3) is 3.30. The maximum Gasteiger partial charge on any atom is 0.255 e. The lowest BCUT2D eigenvalue weighted by Gasteiger charge is -2.26. The molecule has 0 bridgehead atoms. The van der Waals surface area contributed by atoms with Crippen LogP contribution < -0.4 is 10.9 Å². The lowest BCUT2D eigenvalue weighted by atomic mass is 9.91. The number of aromatic amines is 1. The molecular weight excluding hydrogens is 340 g/mol. The highest BCUT2D eigenvalue weighted by Crippen LogP contribution is 2.29. The van der Waals surface area contributed by atoms with Crippen molar-refractivity contribution in [2.24, 2.45) is 0 Å². The number of fused-ring (bicyclic) bond motifs is 1. The molecule has 1 aromatic carbocycles. The van der Waals surface area contributed by atoms with Crippen LogP contribution in [-0.2, 0) is 13.0 Å². The molecule has 0 spiro atoms. The molecule has 3 aromatic rings. The van der Waals surface area contributed by atoms with Gasteiger partial charge in [0.1, 0.15) is 0 Å². The van der Waals surface area contributed by atoms with Gasteiger partial charge in [-0.2, -0.15) is 5.10 Å². The first-order valence-corrected chi connectivity index (χ1v) is 9.31. The Bertz CT molecular complexity index is 1020. The number of rotatable bonds is 4. The predicted octanol–water partition coefficient (Wildman–Crippen LogP) is 3.07. The molecule has 0 saturated heterocycles. The third-order valence-electron chi connectivity index (χ3n) is 5.07. The molecule has 2 heterocycles. The van der Waals surface area contributed by atoms with E-state index < -0.39 is 0 Å². The number of aryl methyl sites for hydroxylation is 2. The van der Waals surface area contributed by atoms with Gasteiger partial charge in [-0.15, -0.1) is 0 Å². The van der Waals surface area contributed by atoms with Crippen LogP contribution in [0.1, 0.15) is 47.4 Å². The number of carbonyl (C=O) groups excluding carboxylic acids is 1. The van der Waals surface area contributed by atoms with Crippen molar-refractivity contribution in [3.63, 3.8) is 0 Å². The van der Waals surface area contributed by atoms with Crippen LogP contribution in [-0.4, -0.2) is 20.7 Å². The van der Waals surface area contributed by atoms with E-state index in [2.05, 4.69) is 15.4 Å². The highest BCUT2D eigenvalue weighted by Gasteiger charge is 2.25. The molecule has 4 rings (SSSR count). The van der Waals surface area contributed by atoms with E-state index in [-0.39, 0.29) is 17.5 Å². The number of pyridine rings is 1. The molecule has 1 aliphatic rings. The van der Waals surface area contributed by atoms with E-state index in [1.807, 2.05) is 48.0 Å². The second-order valence-electron chi connectivity index (χ2n) is 6.76. The van der Waals surface area contributed by atoms with Gasteiger partial charge in [0.15, 0.2) is 0 Å². The van der Waals surface area contributed by atoms with Crippen LogP contribution in [0.2, 0.25) is 0 Å². The molecule has 1 unspecified atom stereocenters. The molecular formula is C21H22N4O2. The summed E-state index contributed by atoms with van der Waals surface area (Å²) in [7, 11) is 0. The molecule has 0 saturated carbocycles. The molecule has 0 fully saturated rings. The molecule has 2 N–H and O–H groups in total. The highest BCUT2D eigenvalue weighted by molar-refractivity contribution is 6.00. The number of benzene rings is 1. The molecule has 27 heavy (non-hydrogen) atoms. The Hall–Kier alpha value is -3.15. The Morgan fingerprint density at radius 2 is 2.07 bits per heavy atom. The number of aromatic nitrogens is 3. The Kier molecular flexibility index (Phi) is 4.62. The molecule has 2 aromatic heterocycles. The second kappa shape index (κ2) is 7.23. The summed E-state index contributed by atoms with van der Waals surface area (Å²) in [6.45, 7) is 2.69. The molecule has 1 amide bonds. The van der Waals surface area contributed by atoms with Crippen LogP contribution in [0.5, 0.6) is 0 Å². The zero-order chi connectivity index (χ0) is 18.8. The van der Waals surface area contributed by atoms with E-state index in [1.54, 1.807) is 6.20 Å². The summed E-state index contributed by atoms with van der Waals surface area (Å²) in [4.78, 5) is 27.5. The predicted molar refractivity (Wildman–Crippen MR) is 104 cm³/mol. The van der Waals surface area contributed by atoms with Crippen LogP contribution in [0.4, 0.5) is 0 Å². The van der Waals surface area contributed by atoms with Crippen molar-refractivity contribution in [1.29, 1.82) is 0 Å². The number of nitrogens with zero attached hydrogens (tertiary/aromatic N) is 2. The fourth-order valence-corrected chi connectivity index (χ4v) is 3.78. The molecule has 0 aliphatic heterocycles. The molecule has 0 radical (unpaired) electrons. The first-order chi connectivity index (χ1) is 13.2. The molecule has 1 aliphatic carbocycles. The van der Waals surface area contributed by atoms with Crippen LogP contribution in [0.3, 0.4) is 0 Å². The lowest BCUT2D eigenvalue weighted by Crippen LogP contribution is -2.32. The first-order valence-electron chi connectivity index (χ1n) is 9.31. The van der Waals surface area contributed by atoms with E-state index in [0.29, 0.717) is 12.1 Å². The summed E-state index contributed by atoms with van der Waals surface area (Å²) in [6.07, 6.45) is 4.25. The lowest BCUT2D eigenvalue weighted by molar-refractivity contribution is 0.0933. The third-order valence-corrected chi connectivity index (χ3v) is 5.07. The van der Waals surface area contributed by atoms with E-state index in [1.165, 1.54) is 6.07 Å². The number of hydrogen-bond acceptors (Lipinski definition) is 3. The van der Waals surface area contributed by atoms with Gasteiger partial charge in [0.2, 0.25) is 5.56 Å². The van der Waals surface area contributed by atoms with E-state index >= 15 is 0 Å². The Morgan fingerprint density at radius 3 is 2.85 bits per heavy atom. The van der Waals surface area contributed by atoms with E-state index in [0.717, 1.165) is 41.8 Å². The second-order valence-corrected chi connectivity index (χ2v) is 6.76. The minimum Gasteiger partial charge on any atom is -0.345 e. The highest BCUT2D eigenvalue weighted by atomic mass is 16.1. The summed E-state index contributed by atoms with van der Waals surface area (Å²) in [5, 5.41) is 7.53. The fourth-order valence-electron chi connectivity index (χ4n) is 3.78. The summed E-state index contributed by atoms with van der Waals surface area (Å²) in [5.74, 6) is -0.141. The van der Waals surface area contributed by atoms with Crippen LogP contribution >= 0.6 is 0 Å². The number of H-pyrrole nitrogens is 1. The largest absolute Gasteiger partial charge is 0.345 e. The van der Waals surface area contributed by atoms with Crippen LogP contribution in [0.25, 0.3) is 11.3 Å². The monoisotopic (exact) mass is 362 g/mol. The molecule has 138 valence electrons. The number of nitrogens with one attached hydrogen (secondary N) is 2. The summed E-state index contributed by atoms with van der Waals surface area (Å²) in [5.41, 5.74) is 4.18. The van der Waals surface area contributed by atoms with Crippen molar-refractivity contribution < 1.29 is 4.79 Å². The van der Waals surface area contributed by atoms with Crippen molar-refractivity contribution in [2.45, 2.75) is 38.8 Å². The van der Waals surface area contributed by atoms with Crippen molar-refractivity contribution in [3.8, 4) is 11.3 Å². The van der Waals surface area contributed by atoms with Gasteiger partial charge in [-0.1, -0.05) is 30.3 Å². The van der Waals surface area contributed by atoms with Gasteiger partial charge in [-0.3, -0.25) is 14.3 Å². The first kappa shape index (κ1) is 17.3. The minimum atomic E-state index is -0.141. The number of amides is 1. The quantitative estimate of drug-likeness (QED) is 0.748. The summed E-state index contributed by atoms with van der Waals surface area (Å²) in [6, 6.07) is 13.1. The SMILES string of the molecule is CCn1ncc(C(=O)NC2CCCc3[nH]c(=O)ccc32)c1-c1ccccc1. The van der Waals surface area contributed by atoms with Crippen molar-refractivity contribution in [2.75, 3.05) is 0 Å². The standard InChI is InChI=1S/C21H22N4O2/c1-2-25-20(14-7-4-3-5-8-14)16(13-22-25)21(27)24-18-10-6-9-17-15(18)11-12-19(26)23-17/h3-5,7-8,11-13,18H,2,6,9-10H2,1H3,(H,23,26)(H,24,27). The van der Waals surface area contributed by atoms with Gasteiger partial charge in [0.25, 0.3) is 5.91 Å². The van der Waals surface area contributed by atoms with Crippen LogP contribution in [0, 0.1) is 0 Å². The van der Waals surface area contributed by atoms with Crippen LogP contribution in [0.15, 0.2) is 53.5 Å². The summed E-state index contributed by atoms with van der Waals surface area (Å²) >= 11 is 0.